The van der Waals surface area contributed by atoms with E-state index >= 15 is 0 Å². The molecular weight excluding hydrogens is 211 g/mol. The van der Waals surface area contributed by atoms with Gasteiger partial charge in [0, 0.05) is 19.2 Å². The minimum atomic E-state index is -1.17. The maximum atomic E-state index is 13.0. The Balaban J connectivity index is 2.90. The molecule has 0 saturated heterocycles. The number of hydrogen-bond acceptors (Lipinski definition) is 2. The summed E-state index contributed by atoms with van der Waals surface area (Å²) < 4.78 is 42.9. The molecule has 1 amide bonds. The molecule has 82 valence electrons. The van der Waals surface area contributed by atoms with E-state index in [2.05, 4.69) is 4.74 Å². The smallest absolute Gasteiger partial charge is 0.250 e. The maximum Gasteiger partial charge on any atom is 0.250 e. The maximum absolute atomic E-state index is 13.0. The molecule has 0 aliphatic heterocycles. The molecule has 1 rings (SSSR count). The van der Waals surface area contributed by atoms with Gasteiger partial charge in [-0.15, -0.1) is 0 Å². The zero-order valence-corrected chi connectivity index (χ0v) is 7.81. The van der Waals surface area contributed by atoms with Crippen LogP contribution in [0.1, 0.15) is 0 Å². The summed E-state index contributed by atoms with van der Waals surface area (Å²) in [5.41, 5.74) is -0.682. The second-order valence-electron chi connectivity index (χ2n) is 2.73. The first-order chi connectivity index (χ1) is 7.04. The summed E-state index contributed by atoms with van der Waals surface area (Å²) in [5.74, 6) is -4.11. The second-order valence-corrected chi connectivity index (χ2v) is 2.73. The molecule has 0 fully saturated rings. The van der Waals surface area contributed by atoms with Gasteiger partial charge in [-0.3, -0.25) is 4.79 Å². The van der Waals surface area contributed by atoms with E-state index in [1.165, 1.54) is 7.11 Å². The Morgan fingerprint density at radius 2 is 1.87 bits per heavy atom. The lowest BCUT2D eigenvalue weighted by molar-refractivity contribution is -0.119. The van der Waals surface area contributed by atoms with Crippen LogP contribution in [0.2, 0.25) is 0 Å². The van der Waals surface area contributed by atoms with E-state index in [1.54, 1.807) is 0 Å². The average molecular weight is 219 g/mol. The quantitative estimate of drug-likeness (QED) is 0.840. The van der Waals surface area contributed by atoms with Crippen LogP contribution in [0.25, 0.3) is 0 Å². The Kier molecular flexibility index (Phi) is 3.68. The van der Waals surface area contributed by atoms with Gasteiger partial charge in [-0.05, 0) is 0 Å². The first kappa shape index (κ1) is 11.5. The molecular formula is C9H8F3NO2. The van der Waals surface area contributed by atoms with Gasteiger partial charge in [0.25, 0.3) is 5.91 Å². The van der Waals surface area contributed by atoms with Crippen molar-refractivity contribution in [2.75, 3.05) is 19.0 Å². The minimum Gasteiger partial charge on any atom is -0.375 e. The molecule has 0 bridgehead atoms. The highest BCUT2D eigenvalue weighted by atomic mass is 19.1. The highest BCUT2D eigenvalue weighted by Crippen LogP contribution is 2.19. The highest BCUT2D eigenvalue weighted by molar-refractivity contribution is 5.91. The van der Waals surface area contributed by atoms with Crippen LogP contribution < -0.4 is 5.32 Å². The third-order valence-corrected chi connectivity index (χ3v) is 1.55. The third-order valence-electron chi connectivity index (χ3n) is 1.55. The van der Waals surface area contributed by atoms with Crippen LogP contribution in [0.5, 0.6) is 0 Å². The fourth-order valence-corrected chi connectivity index (χ4v) is 0.968. The number of halogens is 3. The zero-order valence-electron chi connectivity index (χ0n) is 7.81. The number of carbonyl (C=O) groups excluding carboxylic acids is 1. The van der Waals surface area contributed by atoms with Crippen LogP contribution in [0.15, 0.2) is 12.1 Å². The van der Waals surface area contributed by atoms with Gasteiger partial charge in [-0.1, -0.05) is 0 Å². The van der Waals surface area contributed by atoms with Crippen molar-refractivity contribution >= 4 is 11.6 Å². The Hall–Kier alpha value is -1.56. The van der Waals surface area contributed by atoms with Crippen LogP contribution in [-0.2, 0) is 9.53 Å². The fourth-order valence-electron chi connectivity index (χ4n) is 0.968. The molecule has 0 aliphatic carbocycles. The first-order valence-corrected chi connectivity index (χ1v) is 3.98. The number of rotatable bonds is 3. The summed E-state index contributed by atoms with van der Waals surface area (Å²) in [6, 6.07) is 0.955. The van der Waals surface area contributed by atoms with Gasteiger partial charge in [0.1, 0.15) is 18.1 Å². The summed E-state index contributed by atoms with van der Waals surface area (Å²) in [6.45, 7) is -0.337. The Morgan fingerprint density at radius 3 is 2.33 bits per heavy atom. The summed E-state index contributed by atoms with van der Waals surface area (Å²) in [4.78, 5) is 10.9. The molecule has 0 heterocycles. The minimum absolute atomic E-state index is 0.337. The highest BCUT2D eigenvalue weighted by Gasteiger charge is 2.13. The number of anilines is 1. The Bertz CT molecular complexity index is 359. The van der Waals surface area contributed by atoms with Crippen molar-refractivity contribution < 1.29 is 22.7 Å². The molecule has 0 radical (unpaired) electrons. The Morgan fingerprint density at radius 1 is 1.33 bits per heavy atom. The summed E-state index contributed by atoms with van der Waals surface area (Å²) in [5, 5.41) is 1.93. The monoisotopic (exact) mass is 219 g/mol. The zero-order chi connectivity index (χ0) is 11.4. The van der Waals surface area contributed by atoms with Crippen LogP contribution >= 0.6 is 0 Å². The van der Waals surface area contributed by atoms with Crippen LogP contribution in [0.3, 0.4) is 0 Å². The van der Waals surface area contributed by atoms with Crippen LogP contribution in [-0.4, -0.2) is 19.6 Å². The predicted octanol–water partition coefficient (Wildman–Crippen LogP) is 1.69. The largest absolute Gasteiger partial charge is 0.375 e. The van der Waals surface area contributed by atoms with Crippen molar-refractivity contribution in [1.82, 2.24) is 0 Å². The molecule has 1 N–H and O–H groups in total. The van der Waals surface area contributed by atoms with Crippen LogP contribution in [0, 0.1) is 17.5 Å². The number of nitrogens with one attached hydrogen (secondary N) is 1. The summed E-state index contributed by atoms with van der Waals surface area (Å²) >= 11 is 0. The number of ether oxygens (including phenoxy) is 1. The molecule has 3 nitrogen and oxygen atoms in total. The number of benzene rings is 1. The van der Waals surface area contributed by atoms with Crippen molar-refractivity contribution in [1.29, 1.82) is 0 Å². The third kappa shape index (κ3) is 2.95. The van der Waals surface area contributed by atoms with E-state index in [4.69, 9.17) is 0 Å². The van der Waals surface area contributed by atoms with Crippen molar-refractivity contribution in [3.63, 3.8) is 0 Å². The van der Waals surface area contributed by atoms with Crippen molar-refractivity contribution in [2.45, 2.75) is 0 Å². The van der Waals surface area contributed by atoms with Gasteiger partial charge in [-0.2, -0.15) is 0 Å². The molecule has 0 spiro atoms. The van der Waals surface area contributed by atoms with Gasteiger partial charge >= 0.3 is 0 Å². The number of hydrogen-bond donors (Lipinski definition) is 1. The average Bonchev–Trinajstić information content (AvgIpc) is 2.11. The van der Waals surface area contributed by atoms with E-state index in [0.29, 0.717) is 12.1 Å². The van der Waals surface area contributed by atoms with Gasteiger partial charge in [0.2, 0.25) is 0 Å². The fraction of sp³-hybridized carbons (Fsp3) is 0.222. The lowest BCUT2D eigenvalue weighted by Gasteiger charge is -2.06. The van der Waals surface area contributed by atoms with E-state index < -0.39 is 29.0 Å². The van der Waals surface area contributed by atoms with Crippen molar-refractivity contribution in [2.24, 2.45) is 0 Å². The van der Waals surface area contributed by atoms with Crippen LogP contribution in [0.4, 0.5) is 18.9 Å². The SMILES string of the molecule is COCC(=O)Nc1c(F)cc(F)cc1F. The molecule has 6 heteroatoms. The van der Waals surface area contributed by atoms with Crippen molar-refractivity contribution in [3.8, 4) is 0 Å². The molecule has 1 aromatic carbocycles. The van der Waals surface area contributed by atoms with Crippen molar-refractivity contribution in [3.05, 3.63) is 29.6 Å². The number of amides is 1. The Labute approximate surface area is 83.8 Å². The molecule has 0 aliphatic rings. The molecule has 0 atom stereocenters. The first-order valence-electron chi connectivity index (χ1n) is 3.98. The molecule has 1 aromatic rings. The topological polar surface area (TPSA) is 38.3 Å². The lowest BCUT2D eigenvalue weighted by atomic mass is 10.2. The van der Waals surface area contributed by atoms with Gasteiger partial charge in [0.15, 0.2) is 11.6 Å². The summed E-state index contributed by atoms with van der Waals surface area (Å²) in [6.07, 6.45) is 0. The van der Waals surface area contributed by atoms with E-state index in [-0.39, 0.29) is 6.61 Å². The molecule has 0 saturated carbocycles. The summed E-state index contributed by atoms with van der Waals surface area (Å²) in [7, 11) is 1.26. The molecule has 0 aromatic heterocycles. The van der Waals surface area contributed by atoms with Gasteiger partial charge in [-0.25, -0.2) is 13.2 Å². The van der Waals surface area contributed by atoms with Gasteiger partial charge in [0.05, 0.1) is 0 Å². The number of methoxy groups -OCH3 is 1. The second kappa shape index (κ2) is 4.79. The van der Waals surface area contributed by atoms with E-state index in [0.717, 1.165) is 0 Å². The van der Waals surface area contributed by atoms with E-state index in [1.807, 2.05) is 5.32 Å². The van der Waals surface area contributed by atoms with E-state index in [9.17, 15) is 18.0 Å². The molecule has 15 heavy (non-hydrogen) atoms. The normalized spacial score (nSPS) is 10.1. The van der Waals surface area contributed by atoms with Gasteiger partial charge < -0.3 is 10.1 Å². The predicted molar refractivity (Wildman–Crippen MR) is 46.8 cm³/mol. The number of carbonyl (C=O) groups is 1. The molecule has 0 unspecified atom stereocenters. The standard InChI is InChI=1S/C9H8F3NO2/c1-15-4-8(14)13-9-6(11)2-5(10)3-7(9)12/h2-3H,4H2,1H3,(H,13,14). The lowest BCUT2D eigenvalue weighted by Crippen LogP contribution is -2.19.